The number of aromatic hydroxyl groups is 1. The first kappa shape index (κ1) is 52.1. The summed E-state index contributed by atoms with van der Waals surface area (Å²) in [5.41, 5.74) is 19.6. The lowest BCUT2D eigenvalue weighted by Crippen LogP contribution is -2.61. The van der Waals surface area contributed by atoms with Gasteiger partial charge in [0, 0.05) is 42.9 Å². The maximum atomic E-state index is 14.5. The van der Waals surface area contributed by atoms with Crippen molar-refractivity contribution in [3.63, 3.8) is 0 Å². The Morgan fingerprint density at radius 2 is 1.16 bits per heavy atom. The number of amides is 6. The first-order valence-corrected chi connectivity index (χ1v) is 22.1. The lowest BCUT2D eigenvalue weighted by Gasteiger charge is -2.29. The third-order valence-electron chi connectivity index (χ3n) is 11.2. The van der Waals surface area contributed by atoms with Crippen LogP contribution in [0.5, 0.6) is 5.75 Å². The van der Waals surface area contributed by atoms with Crippen molar-refractivity contribution in [2.24, 2.45) is 28.1 Å². The molecule has 67 heavy (non-hydrogen) atoms. The molecule has 0 radical (unpaired) electrons. The molecule has 0 aliphatic rings. The number of rotatable bonds is 25. The third-order valence-corrected chi connectivity index (χ3v) is 11.2. The predicted octanol–water partition coefficient (Wildman–Crippen LogP) is 0.362. The predicted molar refractivity (Wildman–Crippen MR) is 252 cm³/mol. The zero-order valence-corrected chi connectivity index (χ0v) is 38.1. The number of aliphatic imine (C=N–C) groups is 1. The molecule has 15 N–H and O–H groups in total. The smallest absolute Gasteiger partial charge is 0.325 e. The minimum atomic E-state index is -1.38. The highest BCUT2D eigenvalue weighted by Crippen LogP contribution is 2.20. The van der Waals surface area contributed by atoms with E-state index in [9.17, 15) is 43.8 Å². The summed E-state index contributed by atoms with van der Waals surface area (Å²) in [6.07, 6.45) is 2.13. The van der Waals surface area contributed by atoms with Crippen LogP contribution in [0.3, 0.4) is 0 Å². The minimum absolute atomic E-state index is 0.0308. The summed E-state index contributed by atoms with van der Waals surface area (Å²) in [7, 11) is 0. The number of phenolic OH excluding ortho intramolecular Hbond substituents is 1. The zero-order valence-electron chi connectivity index (χ0n) is 38.1. The number of guanidine groups is 1. The topological polar surface area (TPSA) is 338 Å². The van der Waals surface area contributed by atoms with Gasteiger partial charge in [-0.1, -0.05) is 80.9 Å². The Balaban J connectivity index is 1.67. The van der Waals surface area contributed by atoms with Crippen LogP contribution in [0.2, 0.25) is 0 Å². The van der Waals surface area contributed by atoms with Crippen molar-refractivity contribution >= 4 is 58.3 Å². The van der Waals surface area contributed by atoms with Crippen LogP contribution in [0.4, 0.5) is 0 Å². The Labute approximate surface area is 388 Å². The summed E-state index contributed by atoms with van der Waals surface area (Å²) < 4.78 is 0. The average Bonchev–Trinajstić information content (AvgIpc) is 3.71. The Morgan fingerprint density at radius 1 is 0.642 bits per heavy atom. The van der Waals surface area contributed by atoms with Crippen LogP contribution in [0, 0.1) is 5.92 Å². The van der Waals surface area contributed by atoms with Gasteiger partial charge >= 0.3 is 5.97 Å². The van der Waals surface area contributed by atoms with Gasteiger partial charge in [-0.25, -0.2) is 0 Å². The van der Waals surface area contributed by atoms with Crippen molar-refractivity contribution in [2.75, 3.05) is 6.54 Å². The number of aromatic amines is 1. The SMILES string of the molecule is CC[C@H](C)[C@H](NC(=O)[C@H](Cc1ccccc1)NC(=O)[C@H](C)N)C(=O)N[C@@H](CCCN=C(N)N)C(=O)N[C@@H](Cc1c[nH]c2ccccc12)C(=O)N[C@@H](Cc1ccc(O)cc1)C(=O)N[C@@H](C)C(=O)O. The number of carboxylic acids is 1. The number of nitrogens with zero attached hydrogens (tertiary/aromatic N) is 1. The molecular formula is C47H63N11O9. The van der Waals surface area contributed by atoms with E-state index in [4.69, 9.17) is 17.2 Å². The number of aliphatic carboxylic acids is 1. The molecule has 20 nitrogen and oxygen atoms in total. The van der Waals surface area contributed by atoms with Gasteiger partial charge < -0.3 is 64.3 Å². The first-order chi connectivity index (χ1) is 31.9. The number of carbonyl (C=O) groups excluding carboxylic acids is 6. The van der Waals surface area contributed by atoms with E-state index in [1.165, 1.54) is 26.0 Å². The van der Waals surface area contributed by atoms with Crippen LogP contribution < -0.4 is 49.1 Å². The van der Waals surface area contributed by atoms with Crippen molar-refractivity contribution in [1.29, 1.82) is 0 Å². The van der Waals surface area contributed by atoms with E-state index >= 15 is 0 Å². The van der Waals surface area contributed by atoms with Gasteiger partial charge in [0.05, 0.1) is 6.04 Å². The maximum absolute atomic E-state index is 14.5. The van der Waals surface area contributed by atoms with E-state index in [1.54, 1.807) is 55.6 Å². The molecule has 8 atom stereocenters. The molecule has 0 aliphatic carbocycles. The Bertz CT molecular complexity index is 2350. The second kappa shape index (κ2) is 25.3. The van der Waals surface area contributed by atoms with Gasteiger partial charge in [-0.15, -0.1) is 0 Å². The summed E-state index contributed by atoms with van der Waals surface area (Å²) in [6, 6.07) is 13.5. The molecule has 1 aromatic heterocycles. The molecule has 0 saturated carbocycles. The minimum Gasteiger partial charge on any atom is -0.508 e. The van der Waals surface area contributed by atoms with Crippen LogP contribution in [-0.2, 0) is 52.8 Å². The molecule has 0 unspecified atom stereocenters. The van der Waals surface area contributed by atoms with Crippen molar-refractivity contribution in [3.8, 4) is 5.75 Å². The van der Waals surface area contributed by atoms with Gasteiger partial charge in [0.2, 0.25) is 35.4 Å². The highest BCUT2D eigenvalue weighted by molar-refractivity contribution is 5.97. The number of aromatic nitrogens is 1. The molecule has 4 rings (SSSR count). The molecule has 360 valence electrons. The second-order valence-electron chi connectivity index (χ2n) is 16.5. The molecule has 0 fully saturated rings. The first-order valence-electron chi connectivity index (χ1n) is 22.1. The lowest BCUT2D eigenvalue weighted by molar-refractivity contribution is -0.141. The zero-order chi connectivity index (χ0) is 49.2. The third kappa shape index (κ3) is 16.2. The molecule has 20 heteroatoms. The molecule has 1 heterocycles. The van der Waals surface area contributed by atoms with Crippen LogP contribution in [0.1, 0.15) is 63.6 Å². The van der Waals surface area contributed by atoms with Gasteiger partial charge in [0.25, 0.3) is 0 Å². The van der Waals surface area contributed by atoms with E-state index in [0.717, 1.165) is 16.5 Å². The summed E-state index contributed by atoms with van der Waals surface area (Å²) in [5, 5.41) is 36.2. The normalized spacial score (nSPS) is 14.6. The van der Waals surface area contributed by atoms with Gasteiger partial charge in [-0.2, -0.15) is 0 Å². The highest BCUT2D eigenvalue weighted by Gasteiger charge is 2.35. The van der Waals surface area contributed by atoms with Crippen LogP contribution in [0.15, 0.2) is 90.1 Å². The number of para-hydroxylation sites is 1. The van der Waals surface area contributed by atoms with Gasteiger partial charge in [-0.3, -0.25) is 38.6 Å². The van der Waals surface area contributed by atoms with Gasteiger partial charge in [-0.05, 0) is 67.5 Å². The number of nitrogens with two attached hydrogens (primary N) is 3. The van der Waals surface area contributed by atoms with Crippen LogP contribution in [-0.4, -0.2) is 111 Å². The summed E-state index contributed by atoms with van der Waals surface area (Å²) in [5.74, 6) is -6.40. The number of nitrogens with one attached hydrogen (secondary N) is 7. The number of hydrogen-bond donors (Lipinski definition) is 12. The molecule has 6 amide bonds. The van der Waals surface area contributed by atoms with E-state index in [1.807, 2.05) is 31.2 Å². The monoisotopic (exact) mass is 925 g/mol. The van der Waals surface area contributed by atoms with Gasteiger partial charge in [0.1, 0.15) is 42.0 Å². The standard InChI is InChI=1S/C47H63N11O9/c1-5-26(2)39(58-44(64)37(55-40(60)27(3)48)22-29-12-7-6-8-13-29)45(65)54-35(16-11-21-51-47(49)50)41(61)57-38(24-31-25-52-34-15-10-9-14-33(31)34)43(63)56-36(42(62)53-28(4)46(66)67)23-30-17-19-32(59)20-18-30/h6-10,12-15,17-20,25-28,35-39,52,59H,5,11,16,21-24,48H2,1-4H3,(H,53,62)(H,54,65)(H,55,60)(H,56,63)(H,57,61)(H,58,64)(H,66,67)(H4,49,50,51)/t26-,27-,28-,35-,36-,37-,38-,39-/m0/s1. The maximum Gasteiger partial charge on any atom is 0.325 e. The van der Waals surface area contributed by atoms with Crippen molar-refractivity contribution in [1.82, 2.24) is 36.9 Å². The fraction of sp³-hybridized carbons (Fsp3) is 0.404. The summed E-state index contributed by atoms with van der Waals surface area (Å²) in [4.78, 5) is 103. The average molecular weight is 926 g/mol. The second-order valence-corrected chi connectivity index (χ2v) is 16.5. The number of fused-ring (bicyclic) bond motifs is 1. The molecule has 0 aliphatic heterocycles. The largest absolute Gasteiger partial charge is 0.508 e. The number of phenols is 1. The Morgan fingerprint density at radius 3 is 1.76 bits per heavy atom. The molecule has 3 aromatic carbocycles. The Hall–Kier alpha value is -7.48. The molecule has 0 bridgehead atoms. The number of carbonyl (C=O) groups is 7. The summed E-state index contributed by atoms with van der Waals surface area (Å²) in [6.45, 7) is 6.39. The molecule has 0 spiro atoms. The van der Waals surface area contributed by atoms with E-state index < -0.39 is 89.6 Å². The van der Waals surface area contributed by atoms with Crippen molar-refractivity contribution < 1.29 is 43.8 Å². The molecular weight excluding hydrogens is 863 g/mol. The van der Waals surface area contributed by atoms with Crippen molar-refractivity contribution in [2.45, 2.75) is 109 Å². The highest BCUT2D eigenvalue weighted by atomic mass is 16.4. The molecule has 4 aromatic rings. The van der Waals surface area contributed by atoms with E-state index in [-0.39, 0.29) is 50.4 Å². The Kier molecular flexibility index (Phi) is 19.7. The number of H-pyrrole nitrogens is 1. The van der Waals surface area contributed by atoms with Crippen LogP contribution in [0.25, 0.3) is 10.9 Å². The quantitative estimate of drug-likeness (QED) is 0.0244. The van der Waals surface area contributed by atoms with Gasteiger partial charge in [0.15, 0.2) is 5.96 Å². The number of carboxylic acid groups (broad SMARTS) is 1. The van der Waals surface area contributed by atoms with E-state index in [2.05, 4.69) is 41.9 Å². The number of hydrogen-bond acceptors (Lipinski definition) is 10. The summed E-state index contributed by atoms with van der Waals surface area (Å²) >= 11 is 0. The fourth-order valence-corrected chi connectivity index (χ4v) is 7.08. The number of benzene rings is 3. The van der Waals surface area contributed by atoms with Crippen molar-refractivity contribution in [3.05, 3.63) is 102 Å². The lowest BCUT2D eigenvalue weighted by atomic mass is 9.96. The van der Waals surface area contributed by atoms with Crippen LogP contribution >= 0.6 is 0 Å². The molecule has 0 saturated heterocycles. The fourth-order valence-electron chi connectivity index (χ4n) is 7.08. The van der Waals surface area contributed by atoms with E-state index in [0.29, 0.717) is 17.5 Å².